The maximum Gasteiger partial charge on any atom is 0.220 e. The first kappa shape index (κ1) is 16.9. The molecule has 0 saturated carbocycles. The van der Waals surface area contributed by atoms with Gasteiger partial charge in [-0.3, -0.25) is 9.78 Å². The zero-order valence-electron chi connectivity index (χ0n) is 13.0. The van der Waals surface area contributed by atoms with Gasteiger partial charge in [0.2, 0.25) is 5.91 Å². The van der Waals surface area contributed by atoms with Crippen molar-refractivity contribution in [1.29, 1.82) is 0 Å². The molecule has 2 aromatic rings. The number of aromatic nitrogens is 1. The highest BCUT2D eigenvalue weighted by atomic mass is 35.5. The molecule has 3 rings (SSSR count). The van der Waals surface area contributed by atoms with E-state index < -0.39 is 5.82 Å². The van der Waals surface area contributed by atoms with Crippen LogP contribution < -0.4 is 5.32 Å². The minimum atomic E-state index is -0.479. The van der Waals surface area contributed by atoms with Gasteiger partial charge in [-0.2, -0.15) is 0 Å². The Balaban J connectivity index is 1.59. The van der Waals surface area contributed by atoms with Crippen LogP contribution in [0.2, 0.25) is 5.02 Å². The van der Waals surface area contributed by atoms with Crippen molar-refractivity contribution in [3.63, 3.8) is 0 Å². The van der Waals surface area contributed by atoms with E-state index in [1.165, 1.54) is 12.1 Å². The normalized spacial score (nSPS) is 20.1. The quantitative estimate of drug-likeness (QED) is 0.900. The van der Waals surface area contributed by atoms with Crippen molar-refractivity contribution in [3.8, 4) is 0 Å². The van der Waals surface area contributed by atoms with E-state index in [0.29, 0.717) is 31.4 Å². The van der Waals surface area contributed by atoms with Crippen molar-refractivity contribution in [2.24, 2.45) is 0 Å². The second kappa shape index (κ2) is 7.73. The second-order valence-corrected chi connectivity index (χ2v) is 6.19. The van der Waals surface area contributed by atoms with Crippen molar-refractivity contribution in [3.05, 3.63) is 64.7 Å². The topological polar surface area (TPSA) is 51.2 Å². The van der Waals surface area contributed by atoms with Gasteiger partial charge >= 0.3 is 0 Å². The second-order valence-electron chi connectivity index (χ2n) is 5.78. The Bertz CT molecular complexity index is 711. The number of amides is 1. The fraction of sp³-hybridized carbons (Fsp3) is 0.333. The Hall–Kier alpha value is -1.98. The summed E-state index contributed by atoms with van der Waals surface area (Å²) >= 11 is 5.72. The molecule has 1 aliphatic heterocycles. The predicted octanol–water partition coefficient (Wildman–Crippen LogP) is 3.45. The largest absolute Gasteiger partial charge is 0.371 e. The van der Waals surface area contributed by atoms with Crippen molar-refractivity contribution < 1.29 is 13.9 Å². The highest BCUT2D eigenvalue weighted by Crippen LogP contribution is 2.31. The molecule has 1 N–H and O–H groups in total. The minimum absolute atomic E-state index is 0.0400. The number of hydrogen-bond acceptors (Lipinski definition) is 3. The maximum absolute atomic E-state index is 13.7. The standard InChI is InChI=1S/C18H18ClFN2O2/c19-14-3-2-13(11-15(14)20)18-16(7-10-24-18)22-17(23)4-1-12-5-8-21-9-6-12/h2-3,5-6,8-9,11,16,18H,1,4,7,10H2,(H,22,23). The SMILES string of the molecule is O=C(CCc1ccncc1)NC1CCOC1c1ccc(Cl)c(F)c1. The zero-order chi connectivity index (χ0) is 16.9. The monoisotopic (exact) mass is 348 g/mol. The lowest BCUT2D eigenvalue weighted by Crippen LogP contribution is -2.36. The fourth-order valence-corrected chi connectivity index (χ4v) is 2.96. The Morgan fingerprint density at radius 2 is 2.12 bits per heavy atom. The molecule has 0 aliphatic carbocycles. The van der Waals surface area contributed by atoms with E-state index in [4.69, 9.17) is 16.3 Å². The van der Waals surface area contributed by atoms with Crippen LogP contribution in [0.15, 0.2) is 42.7 Å². The van der Waals surface area contributed by atoms with E-state index >= 15 is 0 Å². The van der Waals surface area contributed by atoms with Crippen molar-refractivity contribution in [2.45, 2.75) is 31.4 Å². The van der Waals surface area contributed by atoms with Crippen LogP contribution in [0.25, 0.3) is 0 Å². The highest BCUT2D eigenvalue weighted by molar-refractivity contribution is 6.30. The van der Waals surface area contributed by atoms with Crippen LogP contribution in [0, 0.1) is 5.82 Å². The molecule has 0 bridgehead atoms. The molecule has 1 aromatic carbocycles. The summed E-state index contributed by atoms with van der Waals surface area (Å²) in [5, 5.41) is 3.08. The maximum atomic E-state index is 13.7. The van der Waals surface area contributed by atoms with Gasteiger partial charge in [0.25, 0.3) is 0 Å². The Labute approximate surface area is 145 Å². The molecule has 0 radical (unpaired) electrons. The fourth-order valence-electron chi connectivity index (χ4n) is 2.84. The molecule has 126 valence electrons. The van der Waals surface area contributed by atoms with Crippen LogP contribution in [0.4, 0.5) is 4.39 Å². The molecule has 1 amide bonds. The van der Waals surface area contributed by atoms with Crippen LogP contribution >= 0.6 is 11.6 Å². The molecule has 2 unspecified atom stereocenters. The van der Waals surface area contributed by atoms with Gasteiger partial charge in [0, 0.05) is 25.4 Å². The third kappa shape index (κ3) is 4.10. The first-order valence-corrected chi connectivity index (χ1v) is 8.26. The zero-order valence-corrected chi connectivity index (χ0v) is 13.8. The summed E-state index contributed by atoms with van der Waals surface area (Å²) in [6.07, 6.45) is 4.83. The van der Waals surface area contributed by atoms with Crippen LogP contribution in [0.3, 0.4) is 0 Å². The van der Waals surface area contributed by atoms with Gasteiger partial charge < -0.3 is 10.1 Å². The third-order valence-electron chi connectivity index (χ3n) is 4.10. The molecular formula is C18H18ClFN2O2. The molecule has 1 saturated heterocycles. The number of ether oxygens (including phenoxy) is 1. The molecule has 24 heavy (non-hydrogen) atoms. The summed E-state index contributed by atoms with van der Waals surface area (Å²) in [5.74, 6) is -0.519. The smallest absolute Gasteiger partial charge is 0.220 e. The van der Waals surface area contributed by atoms with Crippen LogP contribution in [0.1, 0.15) is 30.1 Å². The number of pyridine rings is 1. The van der Waals surface area contributed by atoms with Gasteiger partial charge in [-0.25, -0.2) is 4.39 Å². The molecular weight excluding hydrogens is 331 g/mol. The van der Waals surface area contributed by atoms with Gasteiger partial charge in [0.15, 0.2) is 0 Å². The van der Waals surface area contributed by atoms with E-state index in [2.05, 4.69) is 10.3 Å². The number of rotatable bonds is 5. The molecule has 0 spiro atoms. The van der Waals surface area contributed by atoms with Crippen molar-refractivity contribution in [2.75, 3.05) is 6.61 Å². The lowest BCUT2D eigenvalue weighted by Gasteiger charge is -2.20. The molecule has 6 heteroatoms. The third-order valence-corrected chi connectivity index (χ3v) is 4.41. The van der Waals surface area contributed by atoms with E-state index in [-0.39, 0.29) is 23.1 Å². The first-order valence-electron chi connectivity index (χ1n) is 7.88. The number of nitrogens with one attached hydrogen (secondary N) is 1. The van der Waals surface area contributed by atoms with Crippen LogP contribution in [-0.4, -0.2) is 23.5 Å². The van der Waals surface area contributed by atoms with Gasteiger partial charge in [0.1, 0.15) is 11.9 Å². The predicted molar refractivity (Wildman–Crippen MR) is 89.2 cm³/mol. The number of nitrogens with zero attached hydrogens (tertiary/aromatic N) is 1. The van der Waals surface area contributed by atoms with Gasteiger partial charge in [0.05, 0.1) is 11.1 Å². The summed E-state index contributed by atoms with van der Waals surface area (Å²) < 4.78 is 19.3. The summed E-state index contributed by atoms with van der Waals surface area (Å²) in [6.45, 7) is 0.532. The van der Waals surface area contributed by atoms with E-state index in [1.807, 2.05) is 12.1 Å². The van der Waals surface area contributed by atoms with E-state index in [9.17, 15) is 9.18 Å². The van der Waals surface area contributed by atoms with E-state index in [0.717, 1.165) is 5.56 Å². The average molecular weight is 349 g/mol. The number of halogens is 2. The number of hydrogen-bond donors (Lipinski definition) is 1. The molecule has 1 fully saturated rings. The lowest BCUT2D eigenvalue weighted by atomic mass is 10.0. The highest BCUT2D eigenvalue weighted by Gasteiger charge is 2.31. The van der Waals surface area contributed by atoms with Crippen molar-refractivity contribution in [1.82, 2.24) is 10.3 Å². The summed E-state index contributed by atoms with van der Waals surface area (Å²) in [5.41, 5.74) is 1.76. The minimum Gasteiger partial charge on any atom is -0.371 e. The average Bonchev–Trinajstić information content (AvgIpc) is 3.04. The molecule has 4 nitrogen and oxygen atoms in total. The Morgan fingerprint density at radius 1 is 1.33 bits per heavy atom. The van der Waals surface area contributed by atoms with Gasteiger partial charge in [-0.05, 0) is 48.2 Å². The summed E-state index contributed by atoms with van der Waals surface area (Å²) in [6, 6.07) is 8.24. The Morgan fingerprint density at radius 3 is 2.88 bits per heavy atom. The van der Waals surface area contributed by atoms with E-state index in [1.54, 1.807) is 18.5 Å². The van der Waals surface area contributed by atoms with Crippen LogP contribution in [-0.2, 0) is 16.0 Å². The summed E-state index contributed by atoms with van der Waals surface area (Å²) in [7, 11) is 0. The molecule has 1 aliphatic rings. The van der Waals surface area contributed by atoms with Gasteiger partial charge in [-0.1, -0.05) is 17.7 Å². The molecule has 2 atom stereocenters. The molecule has 1 aromatic heterocycles. The van der Waals surface area contributed by atoms with Crippen molar-refractivity contribution >= 4 is 17.5 Å². The number of benzene rings is 1. The number of carbonyl (C=O) groups excluding carboxylic acids is 1. The Kier molecular flexibility index (Phi) is 5.43. The number of carbonyl (C=O) groups is 1. The summed E-state index contributed by atoms with van der Waals surface area (Å²) in [4.78, 5) is 16.1. The van der Waals surface area contributed by atoms with Crippen LogP contribution in [0.5, 0.6) is 0 Å². The first-order chi connectivity index (χ1) is 11.6. The molecule has 2 heterocycles. The van der Waals surface area contributed by atoms with Gasteiger partial charge in [-0.15, -0.1) is 0 Å². The lowest BCUT2D eigenvalue weighted by molar-refractivity contribution is -0.122. The number of aryl methyl sites for hydroxylation is 1.